The molecular weight excluding hydrogens is 334 g/mol. The van der Waals surface area contributed by atoms with Crippen LogP contribution in [0.4, 0.5) is 0 Å². The number of benzene rings is 1. The second-order valence-corrected chi connectivity index (χ2v) is 7.29. The number of aryl methyl sites for hydroxylation is 1. The van der Waals surface area contributed by atoms with Crippen LogP contribution in [0.5, 0.6) is 0 Å². The Hall–Kier alpha value is -1.91. The summed E-state index contributed by atoms with van der Waals surface area (Å²) < 4.78 is 0. The van der Waals surface area contributed by atoms with Crippen LogP contribution in [0.1, 0.15) is 28.0 Å². The van der Waals surface area contributed by atoms with Gasteiger partial charge in [-0.2, -0.15) is 0 Å². The Kier molecular flexibility index (Phi) is 4.73. The third kappa shape index (κ3) is 3.55. The van der Waals surface area contributed by atoms with E-state index in [0.29, 0.717) is 16.8 Å². The molecule has 4 rings (SSSR count). The Balaban J connectivity index is 1.36. The summed E-state index contributed by atoms with van der Waals surface area (Å²) in [6, 6.07) is 12.8. The number of hydrogen-bond acceptors (Lipinski definition) is 3. The summed E-state index contributed by atoms with van der Waals surface area (Å²) in [4.78, 5) is 21.2. The molecule has 1 aliphatic carbocycles. The van der Waals surface area contributed by atoms with Crippen molar-refractivity contribution in [3.05, 3.63) is 64.4 Å². The van der Waals surface area contributed by atoms with Gasteiger partial charge in [-0.1, -0.05) is 35.9 Å². The molecule has 2 heterocycles. The third-order valence-electron chi connectivity index (χ3n) is 5.39. The van der Waals surface area contributed by atoms with Crippen molar-refractivity contribution in [1.82, 2.24) is 14.8 Å². The zero-order valence-electron chi connectivity index (χ0n) is 14.2. The Morgan fingerprint density at radius 1 is 1.04 bits per heavy atom. The monoisotopic (exact) mass is 355 g/mol. The van der Waals surface area contributed by atoms with Crippen LogP contribution >= 0.6 is 11.6 Å². The Labute approximate surface area is 153 Å². The van der Waals surface area contributed by atoms with Gasteiger partial charge < -0.3 is 4.90 Å². The van der Waals surface area contributed by atoms with E-state index in [9.17, 15) is 4.79 Å². The van der Waals surface area contributed by atoms with E-state index in [1.165, 1.54) is 23.7 Å². The quantitative estimate of drug-likeness (QED) is 0.830. The summed E-state index contributed by atoms with van der Waals surface area (Å²) in [5.41, 5.74) is 3.47. The summed E-state index contributed by atoms with van der Waals surface area (Å²) in [7, 11) is 0. The number of aromatic nitrogens is 1. The van der Waals surface area contributed by atoms with Crippen molar-refractivity contribution in [3.8, 4) is 0 Å². The second-order valence-electron chi connectivity index (χ2n) is 6.86. The lowest BCUT2D eigenvalue weighted by Crippen LogP contribution is -2.53. The number of halogens is 1. The fraction of sp³-hybridized carbons (Fsp3) is 0.400. The highest BCUT2D eigenvalue weighted by molar-refractivity contribution is 6.30. The molecule has 0 N–H and O–H groups in total. The van der Waals surface area contributed by atoms with E-state index in [0.717, 1.165) is 39.0 Å². The highest BCUT2D eigenvalue weighted by Gasteiger charge is 2.29. The summed E-state index contributed by atoms with van der Waals surface area (Å²) in [6.07, 6.45) is 5.03. The Morgan fingerprint density at radius 3 is 2.52 bits per heavy atom. The molecule has 1 aromatic carbocycles. The van der Waals surface area contributed by atoms with Crippen molar-refractivity contribution >= 4 is 17.5 Å². The fourth-order valence-electron chi connectivity index (χ4n) is 3.94. The van der Waals surface area contributed by atoms with Crippen LogP contribution < -0.4 is 0 Å². The van der Waals surface area contributed by atoms with Crippen LogP contribution in [-0.2, 0) is 12.8 Å². The van der Waals surface area contributed by atoms with E-state index in [1.54, 1.807) is 12.1 Å². The van der Waals surface area contributed by atoms with E-state index in [4.69, 9.17) is 11.6 Å². The largest absolute Gasteiger partial charge is 0.335 e. The first-order chi connectivity index (χ1) is 12.2. The molecule has 25 heavy (non-hydrogen) atoms. The molecule has 1 amide bonds. The topological polar surface area (TPSA) is 36.4 Å². The average Bonchev–Trinajstić information content (AvgIpc) is 2.68. The van der Waals surface area contributed by atoms with Gasteiger partial charge in [0.1, 0.15) is 5.69 Å². The van der Waals surface area contributed by atoms with Gasteiger partial charge in [-0.25, -0.2) is 4.98 Å². The SMILES string of the molecule is O=C(c1ccc(Cl)cn1)N1CCN([C@@H]2CCc3ccccc3C2)CC1. The van der Waals surface area contributed by atoms with Crippen molar-refractivity contribution in [2.75, 3.05) is 26.2 Å². The second kappa shape index (κ2) is 7.14. The van der Waals surface area contributed by atoms with Crippen LogP contribution in [0.3, 0.4) is 0 Å². The first-order valence-corrected chi connectivity index (χ1v) is 9.30. The van der Waals surface area contributed by atoms with E-state index in [2.05, 4.69) is 34.1 Å². The normalized spacial score (nSPS) is 21.0. The Bertz CT molecular complexity index is 754. The minimum atomic E-state index is 0.00491. The minimum Gasteiger partial charge on any atom is -0.335 e. The van der Waals surface area contributed by atoms with E-state index in [-0.39, 0.29) is 5.91 Å². The molecule has 0 saturated carbocycles. The molecule has 130 valence electrons. The number of hydrogen-bond donors (Lipinski definition) is 0. The van der Waals surface area contributed by atoms with Gasteiger partial charge >= 0.3 is 0 Å². The smallest absolute Gasteiger partial charge is 0.272 e. The van der Waals surface area contributed by atoms with Crippen molar-refractivity contribution in [3.63, 3.8) is 0 Å². The van der Waals surface area contributed by atoms with Crippen molar-refractivity contribution in [1.29, 1.82) is 0 Å². The highest BCUT2D eigenvalue weighted by atomic mass is 35.5. The van der Waals surface area contributed by atoms with Gasteiger partial charge in [-0.3, -0.25) is 9.69 Å². The molecular formula is C20H22ClN3O. The summed E-state index contributed by atoms with van der Waals surface area (Å²) in [5.74, 6) is 0.00491. The van der Waals surface area contributed by atoms with Gasteiger partial charge in [0.05, 0.1) is 5.02 Å². The van der Waals surface area contributed by atoms with Gasteiger partial charge in [0, 0.05) is 38.4 Å². The molecule has 4 nitrogen and oxygen atoms in total. The lowest BCUT2D eigenvalue weighted by Gasteiger charge is -2.41. The molecule has 0 unspecified atom stereocenters. The number of fused-ring (bicyclic) bond motifs is 1. The van der Waals surface area contributed by atoms with Crippen LogP contribution in [0.15, 0.2) is 42.6 Å². The van der Waals surface area contributed by atoms with E-state index in [1.807, 2.05) is 4.90 Å². The number of carbonyl (C=O) groups excluding carboxylic acids is 1. The predicted octanol–water partition coefficient (Wildman–Crippen LogP) is 3.05. The van der Waals surface area contributed by atoms with Gasteiger partial charge in [-0.05, 0) is 42.5 Å². The van der Waals surface area contributed by atoms with Gasteiger partial charge in [-0.15, -0.1) is 0 Å². The number of piperazine rings is 1. The molecule has 5 heteroatoms. The molecule has 1 aliphatic heterocycles. The maximum absolute atomic E-state index is 12.6. The molecule has 1 fully saturated rings. The molecule has 2 aromatic rings. The zero-order valence-corrected chi connectivity index (χ0v) is 15.0. The fourth-order valence-corrected chi connectivity index (χ4v) is 4.06. The maximum atomic E-state index is 12.6. The van der Waals surface area contributed by atoms with Gasteiger partial charge in [0.25, 0.3) is 5.91 Å². The number of amides is 1. The average molecular weight is 356 g/mol. The Morgan fingerprint density at radius 2 is 1.80 bits per heavy atom. The number of nitrogens with zero attached hydrogens (tertiary/aromatic N) is 3. The first kappa shape index (κ1) is 16.6. The standard InChI is InChI=1S/C20H22ClN3O/c21-17-6-8-19(22-14-17)20(25)24-11-9-23(10-12-24)18-7-5-15-3-1-2-4-16(15)13-18/h1-4,6,8,14,18H,5,7,9-13H2/t18-/m1/s1. The van der Waals surface area contributed by atoms with Crippen molar-refractivity contribution in [2.45, 2.75) is 25.3 Å². The van der Waals surface area contributed by atoms with Crippen LogP contribution in [-0.4, -0.2) is 52.9 Å². The van der Waals surface area contributed by atoms with Crippen molar-refractivity contribution < 1.29 is 4.79 Å². The van der Waals surface area contributed by atoms with Crippen LogP contribution in [0, 0.1) is 0 Å². The molecule has 0 spiro atoms. The number of rotatable bonds is 2. The molecule has 0 radical (unpaired) electrons. The molecule has 2 aliphatic rings. The van der Waals surface area contributed by atoms with Crippen LogP contribution in [0.25, 0.3) is 0 Å². The van der Waals surface area contributed by atoms with Crippen LogP contribution in [0.2, 0.25) is 5.02 Å². The highest BCUT2D eigenvalue weighted by Crippen LogP contribution is 2.25. The van der Waals surface area contributed by atoms with Gasteiger partial charge in [0.15, 0.2) is 0 Å². The summed E-state index contributed by atoms with van der Waals surface area (Å²) >= 11 is 5.85. The summed E-state index contributed by atoms with van der Waals surface area (Å²) in [6.45, 7) is 3.40. The maximum Gasteiger partial charge on any atom is 0.272 e. The lowest BCUT2D eigenvalue weighted by atomic mass is 9.87. The first-order valence-electron chi connectivity index (χ1n) is 8.92. The minimum absolute atomic E-state index is 0.00491. The third-order valence-corrected chi connectivity index (χ3v) is 5.61. The zero-order chi connectivity index (χ0) is 17.2. The van der Waals surface area contributed by atoms with Crippen molar-refractivity contribution in [2.24, 2.45) is 0 Å². The molecule has 0 bridgehead atoms. The summed E-state index contributed by atoms with van der Waals surface area (Å²) in [5, 5.41) is 0.555. The lowest BCUT2D eigenvalue weighted by molar-refractivity contribution is 0.0548. The molecule has 1 atom stereocenters. The molecule has 1 saturated heterocycles. The van der Waals surface area contributed by atoms with E-state index >= 15 is 0 Å². The van der Waals surface area contributed by atoms with Gasteiger partial charge in [0.2, 0.25) is 0 Å². The predicted molar refractivity (Wildman–Crippen MR) is 99.0 cm³/mol. The number of pyridine rings is 1. The van der Waals surface area contributed by atoms with E-state index < -0.39 is 0 Å². The number of carbonyl (C=O) groups is 1. The molecule has 1 aromatic heterocycles.